The zero-order valence-corrected chi connectivity index (χ0v) is 18.3. The monoisotopic (exact) mass is 434 g/mol. The molecule has 0 bridgehead atoms. The first-order valence-electron chi connectivity index (χ1n) is 11.0. The molecule has 2 heterocycles. The third-order valence-corrected chi connectivity index (χ3v) is 6.23. The van der Waals surface area contributed by atoms with Crippen LogP contribution in [-0.4, -0.2) is 35.1 Å². The highest BCUT2D eigenvalue weighted by atomic mass is 16.5. The van der Waals surface area contributed by atoms with Crippen molar-refractivity contribution in [2.45, 2.75) is 32.2 Å². The standard InChI is InChI=1S/C24H30N6O2/c1-32-19-8-4-17(5-9-19)15-30-13-11-20-21(10-12-27-22(20)30)29-23(31)18-6-2-16(3-7-18)14-28-24(25)26/h4-5,8-13,16,18H,2-3,6-7,14-15H2,1H3,(H4,25,26,28)(H,27,29,31)/t16-,18-. The van der Waals surface area contributed by atoms with Gasteiger partial charge in [0.15, 0.2) is 5.96 Å². The first-order chi connectivity index (χ1) is 15.5. The zero-order valence-electron chi connectivity index (χ0n) is 18.3. The fraction of sp³-hybridized carbons (Fsp3) is 0.375. The molecule has 1 aliphatic carbocycles. The molecular weight excluding hydrogens is 404 g/mol. The van der Waals surface area contributed by atoms with E-state index in [9.17, 15) is 4.79 Å². The summed E-state index contributed by atoms with van der Waals surface area (Å²) in [5.41, 5.74) is 8.16. The number of benzene rings is 1. The third-order valence-electron chi connectivity index (χ3n) is 6.23. The Balaban J connectivity index is 1.40. The van der Waals surface area contributed by atoms with Gasteiger partial charge in [0.25, 0.3) is 0 Å². The van der Waals surface area contributed by atoms with Crippen molar-refractivity contribution in [2.24, 2.45) is 17.6 Å². The number of nitrogens with zero attached hydrogens (tertiary/aromatic N) is 2. The molecule has 0 saturated heterocycles. The molecule has 1 amide bonds. The second kappa shape index (κ2) is 9.72. The maximum atomic E-state index is 12.9. The smallest absolute Gasteiger partial charge is 0.227 e. The number of pyridine rings is 1. The summed E-state index contributed by atoms with van der Waals surface area (Å²) in [4.78, 5) is 17.5. The van der Waals surface area contributed by atoms with Gasteiger partial charge in [0.2, 0.25) is 5.91 Å². The number of rotatable bonds is 7. The highest BCUT2D eigenvalue weighted by molar-refractivity contribution is 6.01. The van der Waals surface area contributed by atoms with Crippen LogP contribution in [0, 0.1) is 17.2 Å². The van der Waals surface area contributed by atoms with Gasteiger partial charge < -0.3 is 25.7 Å². The number of guanidine groups is 1. The Morgan fingerprint density at radius 1 is 1.19 bits per heavy atom. The predicted octanol–water partition coefficient (Wildman–Crippen LogP) is 3.32. The Morgan fingerprint density at radius 2 is 1.94 bits per heavy atom. The van der Waals surface area contributed by atoms with Crippen molar-refractivity contribution in [1.29, 1.82) is 5.41 Å². The van der Waals surface area contributed by atoms with Crippen LogP contribution in [0.25, 0.3) is 11.0 Å². The second-order valence-corrected chi connectivity index (χ2v) is 8.39. The Labute approximate surface area is 187 Å². The van der Waals surface area contributed by atoms with E-state index in [1.165, 1.54) is 0 Å². The maximum absolute atomic E-state index is 12.9. The van der Waals surface area contributed by atoms with Crippen LogP contribution in [-0.2, 0) is 11.3 Å². The van der Waals surface area contributed by atoms with Gasteiger partial charge in [-0.2, -0.15) is 0 Å². The molecule has 8 heteroatoms. The number of nitrogens with two attached hydrogens (primary N) is 1. The van der Waals surface area contributed by atoms with Crippen LogP contribution < -0.4 is 21.1 Å². The maximum Gasteiger partial charge on any atom is 0.227 e. The van der Waals surface area contributed by atoms with E-state index in [1.807, 2.05) is 42.6 Å². The first kappa shape index (κ1) is 21.7. The van der Waals surface area contributed by atoms with Crippen molar-refractivity contribution in [3.05, 3.63) is 54.4 Å². The molecule has 168 valence electrons. The predicted molar refractivity (Wildman–Crippen MR) is 126 cm³/mol. The number of amides is 1. The highest BCUT2D eigenvalue weighted by Gasteiger charge is 2.26. The van der Waals surface area contributed by atoms with E-state index < -0.39 is 0 Å². The lowest BCUT2D eigenvalue weighted by Gasteiger charge is -2.28. The van der Waals surface area contributed by atoms with E-state index in [0.29, 0.717) is 19.0 Å². The number of fused-ring (bicyclic) bond motifs is 1. The quantitative estimate of drug-likeness (QED) is 0.336. The van der Waals surface area contributed by atoms with Crippen molar-refractivity contribution in [3.63, 3.8) is 0 Å². The van der Waals surface area contributed by atoms with E-state index in [2.05, 4.69) is 20.2 Å². The summed E-state index contributed by atoms with van der Waals surface area (Å²) in [6, 6.07) is 11.8. The summed E-state index contributed by atoms with van der Waals surface area (Å²) in [5.74, 6) is 1.37. The summed E-state index contributed by atoms with van der Waals surface area (Å²) in [7, 11) is 1.66. The zero-order chi connectivity index (χ0) is 22.5. The van der Waals surface area contributed by atoms with Gasteiger partial charge in [-0.25, -0.2) is 4.98 Å². The summed E-state index contributed by atoms with van der Waals surface area (Å²) in [6.45, 7) is 1.40. The molecule has 1 saturated carbocycles. The number of nitrogens with one attached hydrogen (secondary N) is 3. The van der Waals surface area contributed by atoms with Crippen molar-refractivity contribution in [3.8, 4) is 5.75 Å². The van der Waals surface area contributed by atoms with Gasteiger partial charge >= 0.3 is 0 Å². The molecule has 2 aromatic heterocycles. The van der Waals surface area contributed by atoms with E-state index in [1.54, 1.807) is 13.3 Å². The number of hydrogen-bond acceptors (Lipinski definition) is 4. The van der Waals surface area contributed by atoms with E-state index in [4.69, 9.17) is 15.9 Å². The number of methoxy groups -OCH3 is 1. The SMILES string of the molecule is COc1ccc(Cn2ccc3c(NC(=O)[C@H]4CC[C@H](CNC(=N)N)CC4)ccnc32)cc1. The fourth-order valence-corrected chi connectivity index (χ4v) is 4.37. The minimum Gasteiger partial charge on any atom is -0.497 e. The van der Waals surface area contributed by atoms with Crippen molar-refractivity contribution in [1.82, 2.24) is 14.9 Å². The number of anilines is 1. The van der Waals surface area contributed by atoms with Crippen LogP contribution in [0.1, 0.15) is 31.2 Å². The highest BCUT2D eigenvalue weighted by Crippen LogP contribution is 2.30. The largest absolute Gasteiger partial charge is 0.497 e. The van der Waals surface area contributed by atoms with Gasteiger partial charge in [-0.15, -0.1) is 0 Å². The molecule has 0 aliphatic heterocycles. The van der Waals surface area contributed by atoms with Crippen molar-refractivity contribution >= 4 is 28.6 Å². The summed E-state index contributed by atoms with van der Waals surface area (Å²) < 4.78 is 7.31. The average molecular weight is 435 g/mol. The number of ether oxygens (including phenoxy) is 1. The second-order valence-electron chi connectivity index (χ2n) is 8.39. The summed E-state index contributed by atoms with van der Waals surface area (Å²) in [5, 5.41) is 14.2. The number of hydrogen-bond donors (Lipinski definition) is 4. The molecule has 1 fully saturated rings. The molecule has 8 nitrogen and oxygen atoms in total. The first-order valence-corrected chi connectivity index (χ1v) is 11.0. The molecule has 5 N–H and O–H groups in total. The topological polar surface area (TPSA) is 118 Å². The number of aromatic nitrogens is 2. The lowest BCUT2D eigenvalue weighted by Crippen LogP contribution is -2.36. The number of carbonyl (C=O) groups is 1. The van der Waals surface area contributed by atoms with Crippen LogP contribution in [0.15, 0.2) is 48.8 Å². The molecule has 32 heavy (non-hydrogen) atoms. The number of carbonyl (C=O) groups excluding carboxylic acids is 1. The Hall–Kier alpha value is -3.55. The van der Waals surface area contributed by atoms with Crippen LogP contribution in [0.4, 0.5) is 5.69 Å². The van der Waals surface area contributed by atoms with Crippen LogP contribution in [0.2, 0.25) is 0 Å². The van der Waals surface area contributed by atoms with E-state index in [0.717, 1.165) is 53.7 Å². The van der Waals surface area contributed by atoms with Gasteiger partial charge in [0.1, 0.15) is 11.4 Å². The molecule has 4 rings (SSSR count). The molecular formula is C24H30N6O2. The molecule has 3 aromatic rings. The lowest BCUT2D eigenvalue weighted by molar-refractivity contribution is -0.121. The van der Waals surface area contributed by atoms with E-state index in [-0.39, 0.29) is 17.8 Å². The lowest BCUT2D eigenvalue weighted by atomic mass is 9.81. The average Bonchev–Trinajstić information content (AvgIpc) is 3.22. The molecule has 1 aliphatic rings. The Morgan fingerprint density at radius 3 is 2.62 bits per heavy atom. The van der Waals surface area contributed by atoms with Gasteiger partial charge in [-0.05, 0) is 61.4 Å². The summed E-state index contributed by atoms with van der Waals surface area (Å²) >= 11 is 0. The third kappa shape index (κ3) is 5.01. The molecule has 0 unspecified atom stereocenters. The normalized spacial score (nSPS) is 18.3. The Kier molecular flexibility index (Phi) is 6.58. The minimum absolute atomic E-state index is 0.00509. The van der Waals surface area contributed by atoms with Crippen LogP contribution >= 0.6 is 0 Å². The van der Waals surface area contributed by atoms with Crippen LogP contribution in [0.5, 0.6) is 5.75 Å². The fourth-order valence-electron chi connectivity index (χ4n) is 4.37. The molecule has 0 radical (unpaired) electrons. The summed E-state index contributed by atoms with van der Waals surface area (Å²) in [6.07, 6.45) is 7.37. The Bertz CT molecular complexity index is 1080. The van der Waals surface area contributed by atoms with Crippen molar-refractivity contribution in [2.75, 3.05) is 19.0 Å². The van der Waals surface area contributed by atoms with Gasteiger partial charge in [0.05, 0.1) is 12.8 Å². The molecule has 0 spiro atoms. The molecule has 1 aromatic carbocycles. The van der Waals surface area contributed by atoms with E-state index >= 15 is 0 Å². The van der Waals surface area contributed by atoms with Gasteiger partial charge in [0, 0.05) is 36.8 Å². The van der Waals surface area contributed by atoms with Crippen molar-refractivity contribution < 1.29 is 9.53 Å². The van der Waals surface area contributed by atoms with Gasteiger partial charge in [-0.1, -0.05) is 12.1 Å². The minimum atomic E-state index is 0.00509. The molecule has 0 atom stereocenters. The van der Waals surface area contributed by atoms with Crippen LogP contribution in [0.3, 0.4) is 0 Å². The van der Waals surface area contributed by atoms with Gasteiger partial charge in [-0.3, -0.25) is 10.2 Å².